The average Bonchev–Trinajstić information content (AvgIpc) is 2.52. The van der Waals surface area contributed by atoms with E-state index in [0.717, 1.165) is 13.0 Å². The number of carbonyl (C=O) groups excluding carboxylic acids is 2. The van der Waals surface area contributed by atoms with Crippen molar-refractivity contribution in [3.05, 3.63) is 47.2 Å². The van der Waals surface area contributed by atoms with Crippen LogP contribution in [0, 0.1) is 0 Å². The zero-order chi connectivity index (χ0) is 15.9. The topological polar surface area (TPSA) is 55.8 Å². The highest BCUT2D eigenvalue weighted by atomic mass is 16.6. The molecule has 2 rings (SSSR count). The van der Waals surface area contributed by atoms with Crippen LogP contribution in [-0.4, -0.2) is 36.6 Å². The summed E-state index contributed by atoms with van der Waals surface area (Å²) in [6.07, 6.45) is 2.44. The molecule has 118 valence electrons. The molecule has 0 atom stereocenters. The van der Waals surface area contributed by atoms with Crippen LogP contribution in [0.5, 0.6) is 0 Å². The largest absolute Gasteiger partial charge is 0.462 e. The van der Waals surface area contributed by atoms with Crippen LogP contribution in [-0.2, 0) is 32.0 Å². The van der Waals surface area contributed by atoms with Crippen LogP contribution in [0.4, 0.5) is 0 Å². The maximum absolute atomic E-state index is 12.0. The molecule has 1 aliphatic rings. The van der Waals surface area contributed by atoms with Gasteiger partial charge in [-0.2, -0.15) is 0 Å². The van der Waals surface area contributed by atoms with Gasteiger partial charge in [0.15, 0.2) is 5.57 Å². The quantitative estimate of drug-likeness (QED) is 0.361. The summed E-state index contributed by atoms with van der Waals surface area (Å²) in [5, 5.41) is 0. The summed E-state index contributed by atoms with van der Waals surface area (Å²) in [6, 6.07) is 8.17. The second-order valence-corrected chi connectivity index (χ2v) is 4.97. The van der Waals surface area contributed by atoms with Crippen molar-refractivity contribution < 1.29 is 19.1 Å². The highest BCUT2D eigenvalue weighted by Crippen LogP contribution is 2.19. The lowest BCUT2D eigenvalue weighted by molar-refractivity contribution is -0.146. The van der Waals surface area contributed by atoms with Gasteiger partial charge >= 0.3 is 11.9 Å². The van der Waals surface area contributed by atoms with Crippen LogP contribution in [0.2, 0.25) is 0 Å². The molecule has 0 radical (unpaired) electrons. The predicted octanol–water partition coefficient (Wildman–Crippen LogP) is 2.05. The van der Waals surface area contributed by atoms with E-state index in [0.29, 0.717) is 6.54 Å². The Morgan fingerprint density at radius 2 is 1.68 bits per heavy atom. The Labute approximate surface area is 130 Å². The van der Waals surface area contributed by atoms with E-state index in [1.165, 1.54) is 11.1 Å². The molecule has 1 aromatic rings. The molecule has 0 aromatic heterocycles. The summed E-state index contributed by atoms with van der Waals surface area (Å²) in [4.78, 5) is 25.9. The number of ether oxygens (including phenoxy) is 2. The number of benzene rings is 1. The van der Waals surface area contributed by atoms with Crippen LogP contribution in [0.25, 0.3) is 0 Å². The van der Waals surface area contributed by atoms with Crippen molar-refractivity contribution >= 4 is 11.9 Å². The third-order valence-corrected chi connectivity index (χ3v) is 3.46. The van der Waals surface area contributed by atoms with Crippen LogP contribution in [0.15, 0.2) is 36.0 Å². The lowest BCUT2D eigenvalue weighted by atomic mass is 10.00. The molecule has 0 spiro atoms. The molecule has 0 N–H and O–H groups in total. The lowest BCUT2D eigenvalue weighted by Gasteiger charge is -2.28. The predicted molar refractivity (Wildman–Crippen MR) is 81.9 cm³/mol. The first-order valence-corrected chi connectivity index (χ1v) is 7.52. The molecule has 0 fully saturated rings. The van der Waals surface area contributed by atoms with Gasteiger partial charge in [-0.3, -0.25) is 0 Å². The molecular formula is C17H21NO4. The Bertz CT molecular complexity index is 560. The Kier molecular flexibility index (Phi) is 5.58. The molecule has 1 aliphatic heterocycles. The number of rotatable bonds is 5. The van der Waals surface area contributed by atoms with E-state index in [4.69, 9.17) is 9.47 Å². The summed E-state index contributed by atoms with van der Waals surface area (Å²) in [7, 11) is 0. The summed E-state index contributed by atoms with van der Waals surface area (Å²) in [5.41, 5.74) is 2.46. The van der Waals surface area contributed by atoms with Crippen LogP contribution >= 0.6 is 0 Å². The molecule has 5 nitrogen and oxygen atoms in total. The van der Waals surface area contributed by atoms with Gasteiger partial charge in [0.05, 0.1) is 13.2 Å². The van der Waals surface area contributed by atoms with Gasteiger partial charge < -0.3 is 14.4 Å². The minimum atomic E-state index is -0.639. The summed E-state index contributed by atoms with van der Waals surface area (Å²) in [6.45, 7) is 5.27. The van der Waals surface area contributed by atoms with Gasteiger partial charge in [-0.25, -0.2) is 9.59 Å². The van der Waals surface area contributed by atoms with E-state index in [-0.39, 0.29) is 18.8 Å². The first kappa shape index (κ1) is 16.1. The highest BCUT2D eigenvalue weighted by Gasteiger charge is 2.23. The van der Waals surface area contributed by atoms with Crippen molar-refractivity contribution in [3.8, 4) is 0 Å². The normalized spacial score (nSPS) is 13.1. The Balaban J connectivity index is 2.19. The molecule has 1 heterocycles. The van der Waals surface area contributed by atoms with E-state index in [1.807, 2.05) is 17.0 Å². The van der Waals surface area contributed by atoms with Crippen molar-refractivity contribution in [2.24, 2.45) is 0 Å². The third-order valence-electron chi connectivity index (χ3n) is 3.46. The first-order chi connectivity index (χ1) is 10.7. The zero-order valence-electron chi connectivity index (χ0n) is 13.0. The van der Waals surface area contributed by atoms with E-state index < -0.39 is 11.9 Å². The number of carbonyl (C=O) groups is 2. The monoisotopic (exact) mass is 303 g/mol. The number of fused-ring (bicyclic) bond motifs is 1. The maximum Gasteiger partial charge on any atom is 0.347 e. The van der Waals surface area contributed by atoms with Gasteiger partial charge in [0, 0.05) is 19.3 Å². The van der Waals surface area contributed by atoms with Gasteiger partial charge in [-0.15, -0.1) is 0 Å². The van der Waals surface area contributed by atoms with Crippen molar-refractivity contribution in [3.63, 3.8) is 0 Å². The zero-order valence-corrected chi connectivity index (χ0v) is 13.0. The number of hydrogen-bond acceptors (Lipinski definition) is 5. The SMILES string of the molecule is CCOC(=O)C(=CN1CCc2ccccc2C1)C(=O)OCC. The van der Waals surface area contributed by atoms with Gasteiger partial charge in [0.1, 0.15) is 0 Å². The maximum atomic E-state index is 12.0. The fourth-order valence-electron chi connectivity index (χ4n) is 2.42. The van der Waals surface area contributed by atoms with E-state index >= 15 is 0 Å². The van der Waals surface area contributed by atoms with Gasteiger partial charge in [-0.1, -0.05) is 24.3 Å². The Morgan fingerprint density at radius 1 is 1.09 bits per heavy atom. The summed E-state index contributed by atoms with van der Waals surface area (Å²) < 4.78 is 9.90. The van der Waals surface area contributed by atoms with Crippen LogP contribution < -0.4 is 0 Å². The third kappa shape index (κ3) is 3.87. The number of hydrogen-bond donors (Lipinski definition) is 0. The van der Waals surface area contributed by atoms with Gasteiger partial charge in [0.2, 0.25) is 0 Å². The van der Waals surface area contributed by atoms with E-state index in [2.05, 4.69) is 12.1 Å². The molecule has 0 saturated carbocycles. The first-order valence-electron chi connectivity index (χ1n) is 7.52. The highest BCUT2D eigenvalue weighted by molar-refractivity contribution is 6.13. The van der Waals surface area contributed by atoms with Crippen molar-refractivity contribution in [1.82, 2.24) is 4.90 Å². The van der Waals surface area contributed by atoms with Crippen LogP contribution in [0.3, 0.4) is 0 Å². The van der Waals surface area contributed by atoms with Crippen molar-refractivity contribution in [2.45, 2.75) is 26.8 Å². The number of nitrogens with zero attached hydrogens (tertiary/aromatic N) is 1. The molecule has 22 heavy (non-hydrogen) atoms. The minimum Gasteiger partial charge on any atom is -0.462 e. The lowest BCUT2D eigenvalue weighted by Crippen LogP contribution is -2.29. The van der Waals surface area contributed by atoms with Crippen LogP contribution in [0.1, 0.15) is 25.0 Å². The van der Waals surface area contributed by atoms with Crippen molar-refractivity contribution in [1.29, 1.82) is 0 Å². The Hall–Kier alpha value is -2.30. The Morgan fingerprint density at radius 3 is 2.27 bits per heavy atom. The molecule has 5 heteroatoms. The van der Waals surface area contributed by atoms with Gasteiger partial charge in [0.25, 0.3) is 0 Å². The average molecular weight is 303 g/mol. The van der Waals surface area contributed by atoms with Gasteiger partial charge in [-0.05, 0) is 31.4 Å². The second kappa shape index (κ2) is 7.64. The molecular weight excluding hydrogens is 282 g/mol. The molecule has 1 aromatic carbocycles. The summed E-state index contributed by atoms with van der Waals surface area (Å²) >= 11 is 0. The summed E-state index contributed by atoms with van der Waals surface area (Å²) in [5.74, 6) is -1.28. The molecule has 0 bridgehead atoms. The minimum absolute atomic E-state index is 0.0527. The second-order valence-electron chi connectivity index (χ2n) is 4.97. The molecule has 0 aliphatic carbocycles. The fourth-order valence-corrected chi connectivity index (χ4v) is 2.42. The molecule has 0 unspecified atom stereocenters. The standard InChI is InChI=1S/C17H21NO4/c1-3-21-16(19)15(17(20)22-4-2)12-18-10-9-13-7-5-6-8-14(13)11-18/h5-8,12H,3-4,9-11H2,1-2H3. The molecule has 0 saturated heterocycles. The number of esters is 2. The molecule has 0 amide bonds. The smallest absolute Gasteiger partial charge is 0.347 e. The fraction of sp³-hybridized carbons (Fsp3) is 0.412. The van der Waals surface area contributed by atoms with E-state index in [1.54, 1.807) is 20.0 Å². The van der Waals surface area contributed by atoms with Crippen molar-refractivity contribution in [2.75, 3.05) is 19.8 Å². The van der Waals surface area contributed by atoms with E-state index in [9.17, 15) is 9.59 Å².